The van der Waals surface area contributed by atoms with Gasteiger partial charge in [0.25, 0.3) is 17.5 Å². The molecule has 0 aromatic carbocycles. The van der Waals surface area contributed by atoms with Crippen LogP contribution in [-0.4, -0.2) is 75.2 Å². The molecule has 2 unspecified atom stereocenters. The Kier molecular flexibility index (Phi) is 10.1. The molecule has 2 aliphatic rings. The Morgan fingerprint density at radius 3 is 2.80 bits per heavy atom. The van der Waals surface area contributed by atoms with Crippen LogP contribution in [-0.2, 0) is 19.1 Å². The predicted molar refractivity (Wildman–Crippen MR) is 153 cm³/mol. The minimum atomic E-state index is -1.83. The fourth-order valence-corrected chi connectivity index (χ4v) is 7.61. The second-order valence-electron chi connectivity index (χ2n) is 9.12. The Hall–Kier alpha value is -3.34. The van der Waals surface area contributed by atoms with Crippen LogP contribution in [0.2, 0.25) is 0 Å². The number of ether oxygens (including phenoxy) is 1. The molecule has 13 nitrogen and oxygen atoms in total. The second kappa shape index (κ2) is 13.5. The minimum absolute atomic E-state index is 0.187. The predicted octanol–water partition coefficient (Wildman–Crippen LogP) is 1.81. The van der Waals surface area contributed by atoms with Crippen molar-refractivity contribution >= 4 is 58.7 Å². The third-order valence-electron chi connectivity index (χ3n) is 6.42. The van der Waals surface area contributed by atoms with Crippen molar-refractivity contribution in [3.63, 3.8) is 0 Å². The topological polar surface area (TPSA) is 177 Å². The van der Waals surface area contributed by atoms with E-state index in [2.05, 4.69) is 28.0 Å². The fraction of sp³-hybridized carbons (Fsp3) is 0.440. The first-order valence-electron chi connectivity index (χ1n) is 12.8. The number of urea groups is 1. The molecule has 0 radical (unpaired) electrons. The lowest BCUT2D eigenvalue weighted by Crippen LogP contribution is -2.81. The van der Waals surface area contributed by atoms with E-state index in [0.717, 1.165) is 24.2 Å². The molecule has 3 atom stereocenters. The maximum atomic E-state index is 13.5. The van der Waals surface area contributed by atoms with Crippen molar-refractivity contribution in [3.05, 3.63) is 57.2 Å². The molecule has 0 aliphatic carbocycles. The van der Waals surface area contributed by atoms with Crippen molar-refractivity contribution in [1.82, 2.24) is 25.9 Å². The van der Waals surface area contributed by atoms with Gasteiger partial charge in [0.1, 0.15) is 17.1 Å². The highest BCUT2D eigenvalue weighted by atomic mass is 32.2. The van der Waals surface area contributed by atoms with E-state index in [9.17, 15) is 29.5 Å². The van der Waals surface area contributed by atoms with Crippen molar-refractivity contribution in [3.8, 4) is 0 Å². The quantitative estimate of drug-likeness (QED) is 0.0643. The molecule has 2 aromatic heterocycles. The van der Waals surface area contributed by atoms with Crippen molar-refractivity contribution in [2.75, 3.05) is 25.2 Å². The number of fused-ring (bicyclic) bond motifs is 1. The molecule has 2 aliphatic heterocycles. The standard InChI is InChI=1S/C25H30N6O7S3/c1-3-4-5-10-26-24(36)27-18(16-8-7-12-39-16)20(32)28-25(38-2)22(35)31-19(21(33)34)15(14-41-23(25)31)13-40-17-9-6-11-30(37)29-17/h6-9,11-12,18,23H,3-5,10,13-14H2,1-2H3,(H,28,32)(H,33,34)(H2,26,27,36)/t18?,23?,25-/m0/s1. The van der Waals surface area contributed by atoms with Crippen molar-refractivity contribution < 1.29 is 33.9 Å². The van der Waals surface area contributed by atoms with Gasteiger partial charge < -0.3 is 31.0 Å². The number of carboxylic acids is 1. The van der Waals surface area contributed by atoms with Crippen molar-refractivity contribution in [2.45, 2.75) is 48.4 Å². The molecule has 16 heteroatoms. The molecule has 0 bridgehead atoms. The highest BCUT2D eigenvalue weighted by Crippen LogP contribution is 2.47. The van der Waals surface area contributed by atoms with Crippen molar-refractivity contribution in [1.29, 1.82) is 0 Å². The third kappa shape index (κ3) is 6.60. The number of carboxylic acid groups (broad SMARTS) is 1. The van der Waals surface area contributed by atoms with Gasteiger partial charge in [-0.15, -0.1) is 23.1 Å². The molecular weight excluding hydrogens is 593 g/mol. The van der Waals surface area contributed by atoms with Crippen molar-refractivity contribution in [2.24, 2.45) is 0 Å². The van der Waals surface area contributed by atoms with Crippen LogP contribution in [0.5, 0.6) is 0 Å². The van der Waals surface area contributed by atoms with Gasteiger partial charge in [-0.25, -0.2) is 9.59 Å². The smallest absolute Gasteiger partial charge is 0.352 e. The first-order chi connectivity index (χ1) is 19.7. The normalized spacial score (nSPS) is 20.6. The molecule has 41 heavy (non-hydrogen) atoms. The zero-order valence-electron chi connectivity index (χ0n) is 22.3. The summed E-state index contributed by atoms with van der Waals surface area (Å²) in [5.74, 6) is -2.29. The Balaban J connectivity index is 1.50. The van der Waals surface area contributed by atoms with E-state index >= 15 is 0 Å². The molecule has 1 fully saturated rings. The Labute approximate surface area is 248 Å². The third-order valence-corrected chi connectivity index (χ3v) is 9.74. The van der Waals surface area contributed by atoms with Crippen LogP contribution in [0.4, 0.5) is 4.79 Å². The number of amides is 4. The summed E-state index contributed by atoms with van der Waals surface area (Å²) in [6, 6.07) is 4.97. The number of rotatable bonds is 13. The SMILES string of the molecule is CCCCCNC(=O)NC(C(=O)N[C@]1(OC)C(=O)N2C(C(=O)O)=C(CSc3ccc[n+]([O-])n3)CSC21)c1cccs1. The Morgan fingerprint density at radius 2 is 2.15 bits per heavy atom. The fourth-order valence-electron chi connectivity index (χ4n) is 4.39. The van der Waals surface area contributed by atoms with Gasteiger partial charge >= 0.3 is 12.0 Å². The zero-order valence-corrected chi connectivity index (χ0v) is 24.8. The molecule has 4 rings (SSSR count). The second-order valence-corrected chi connectivity index (χ2v) is 12.2. The monoisotopic (exact) mass is 622 g/mol. The van der Waals surface area contributed by atoms with E-state index in [0.29, 0.717) is 26.9 Å². The number of nitrogens with one attached hydrogen (secondary N) is 3. The Morgan fingerprint density at radius 1 is 1.34 bits per heavy atom. The van der Waals surface area contributed by atoms with E-state index in [1.807, 2.05) is 0 Å². The number of hydrogen-bond donors (Lipinski definition) is 4. The number of thioether (sulfide) groups is 2. The van der Waals surface area contributed by atoms with Gasteiger partial charge in [-0.05, 0) is 29.5 Å². The summed E-state index contributed by atoms with van der Waals surface area (Å²) in [5, 5.41) is 34.7. The lowest BCUT2D eigenvalue weighted by molar-refractivity contribution is -0.672. The van der Waals surface area contributed by atoms with Crippen LogP contribution < -0.4 is 20.8 Å². The first kappa shape index (κ1) is 30.6. The maximum absolute atomic E-state index is 13.5. The molecule has 2 aromatic rings. The molecule has 4 N–H and O–H groups in total. The van der Waals surface area contributed by atoms with Gasteiger partial charge in [0.15, 0.2) is 5.03 Å². The largest absolute Gasteiger partial charge is 0.594 e. The average Bonchev–Trinajstić information content (AvgIpc) is 3.49. The van der Waals surface area contributed by atoms with Gasteiger partial charge in [0.05, 0.1) is 0 Å². The summed E-state index contributed by atoms with van der Waals surface area (Å²) < 4.78 is 5.56. The lowest BCUT2D eigenvalue weighted by Gasteiger charge is -2.56. The van der Waals surface area contributed by atoms with E-state index in [1.54, 1.807) is 23.6 Å². The molecule has 4 heterocycles. The average molecular weight is 623 g/mol. The number of unbranched alkanes of at least 4 members (excludes halogenated alkanes) is 2. The summed E-state index contributed by atoms with van der Waals surface area (Å²) in [6.07, 6.45) is 4.00. The maximum Gasteiger partial charge on any atom is 0.352 e. The van der Waals surface area contributed by atoms with E-state index in [4.69, 9.17) is 4.74 Å². The van der Waals surface area contributed by atoms with Gasteiger partial charge in [-0.2, -0.15) is 0 Å². The minimum Gasteiger partial charge on any atom is -0.594 e. The number of β-lactam (4-membered cyclic amide) rings is 1. The highest BCUT2D eigenvalue weighted by Gasteiger charge is 2.67. The number of hydrogen-bond acceptors (Lipinski definition) is 10. The lowest BCUT2D eigenvalue weighted by atomic mass is 9.97. The summed E-state index contributed by atoms with van der Waals surface area (Å²) in [5.41, 5.74) is -1.56. The number of aromatic nitrogens is 2. The molecule has 0 saturated carbocycles. The number of carbonyl (C=O) groups excluding carboxylic acids is 3. The number of thiophene rings is 1. The van der Waals surface area contributed by atoms with Gasteiger partial charge in [0.2, 0.25) is 6.20 Å². The van der Waals surface area contributed by atoms with E-state index in [-0.39, 0.29) is 17.2 Å². The van der Waals surface area contributed by atoms with Gasteiger partial charge in [0, 0.05) is 41.2 Å². The number of methoxy groups -OCH3 is 1. The van der Waals surface area contributed by atoms with Crippen LogP contribution in [0.3, 0.4) is 0 Å². The molecule has 0 spiro atoms. The van der Waals surface area contributed by atoms with Gasteiger partial charge in [-0.1, -0.05) is 42.4 Å². The van der Waals surface area contributed by atoms with Crippen LogP contribution in [0.15, 0.2) is 52.1 Å². The van der Waals surface area contributed by atoms with E-state index in [1.165, 1.54) is 54.2 Å². The number of nitrogens with zero attached hydrogens (tertiary/aromatic N) is 3. The van der Waals surface area contributed by atoms with Crippen LogP contribution in [0.1, 0.15) is 37.1 Å². The van der Waals surface area contributed by atoms with Crippen LogP contribution >= 0.6 is 34.9 Å². The number of carbonyl (C=O) groups is 4. The molecular formula is C25H30N6O7S3. The molecule has 220 valence electrons. The van der Waals surface area contributed by atoms with Gasteiger partial charge in [-0.3, -0.25) is 14.5 Å². The summed E-state index contributed by atoms with van der Waals surface area (Å²) in [6.45, 7) is 2.51. The summed E-state index contributed by atoms with van der Waals surface area (Å²) in [7, 11) is 1.26. The summed E-state index contributed by atoms with van der Waals surface area (Å²) in [4.78, 5) is 54.0. The first-order valence-corrected chi connectivity index (χ1v) is 15.7. The summed E-state index contributed by atoms with van der Waals surface area (Å²) >= 11 is 3.68. The Bertz CT molecular complexity index is 1320. The zero-order chi connectivity index (χ0) is 29.6. The highest BCUT2D eigenvalue weighted by molar-refractivity contribution is 8.01. The van der Waals surface area contributed by atoms with E-state index < -0.39 is 41.0 Å². The van der Waals surface area contributed by atoms with Crippen LogP contribution in [0, 0.1) is 5.21 Å². The molecule has 1 saturated heterocycles. The van der Waals surface area contributed by atoms with Crippen LogP contribution in [0.25, 0.3) is 0 Å². The molecule has 4 amide bonds. The number of aliphatic carboxylic acids is 1.